The van der Waals surface area contributed by atoms with Crippen molar-refractivity contribution in [1.82, 2.24) is 4.90 Å². The van der Waals surface area contributed by atoms with Gasteiger partial charge in [0.1, 0.15) is 29.9 Å². The molecule has 0 aromatic heterocycles. The fourth-order valence-corrected chi connectivity index (χ4v) is 3.80. The monoisotopic (exact) mass is 520 g/mol. The van der Waals surface area contributed by atoms with Crippen LogP contribution in [0.1, 0.15) is 12.5 Å². The predicted octanol–water partition coefficient (Wildman–Crippen LogP) is 4.57. The standard InChI is InChI=1S/C28H28N2O8/c1-19(26(31)32)29(27(33)37-24-14-12-22(35-2)13-15-24)16-20-8-10-23(11-9-20)36-18-25-17-30(28(34)38-25)21-6-4-3-5-7-21/h3-15,19,25H,16-18H2,1-2H3,(H,31,32). The molecule has 0 saturated carbocycles. The van der Waals surface area contributed by atoms with Crippen molar-refractivity contribution in [2.24, 2.45) is 0 Å². The summed E-state index contributed by atoms with van der Waals surface area (Å²) >= 11 is 0. The molecule has 2 atom stereocenters. The number of amides is 2. The van der Waals surface area contributed by atoms with Gasteiger partial charge in [-0.1, -0.05) is 30.3 Å². The lowest BCUT2D eigenvalue weighted by Crippen LogP contribution is -2.44. The highest BCUT2D eigenvalue weighted by atomic mass is 16.6. The summed E-state index contributed by atoms with van der Waals surface area (Å²) in [6, 6.07) is 21.4. The van der Waals surface area contributed by atoms with E-state index in [2.05, 4.69) is 0 Å². The Balaban J connectivity index is 1.34. The number of methoxy groups -OCH3 is 1. The van der Waals surface area contributed by atoms with E-state index in [0.717, 1.165) is 10.6 Å². The number of hydrogen-bond donors (Lipinski definition) is 1. The van der Waals surface area contributed by atoms with Crippen molar-refractivity contribution in [3.63, 3.8) is 0 Å². The van der Waals surface area contributed by atoms with Gasteiger partial charge in [-0.2, -0.15) is 0 Å². The van der Waals surface area contributed by atoms with E-state index >= 15 is 0 Å². The topological polar surface area (TPSA) is 115 Å². The van der Waals surface area contributed by atoms with Crippen molar-refractivity contribution in [3.05, 3.63) is 84.4 Å². The molecular weight excluding hydrogens is 492 g/mol. The fraction of sp³-hybridized carbons (Fsp3) is 0.250. The molecule has 1 aliphatic rings. The smallest absolute Gasteiger partial charge is 0.416 e. The molecule has 3 aromatic carbocycles. The van der Waals surface area contributed by atoms with Crippen molar-refractivity contribution in [3.8, 4) is 17.2 Å². The Morgan fingerprint density at radius 3 is 2.26 bits per heavy atom. The number of aliphatic carboxylic acids is 1. The van der Waals surface area contributed by atoms with E-state index in [0.29, 0.717) is 23.6 Å². The quantitative estimate of drug-likeness (QED) is 0.413. The van der Waals surface area contributed by atoms with Crippen LogP contribution in [-0.2, 0) is 16.1 Å². The molecule has 1 aliphatic heterocycles. The zero-order valence-electron chi connectivity index (χ0n) is 21.0. The minimum Gasteiger partial charge on any atom is -0.497 e. The van der Waals surface area contributed by atoms with Crippen LogP contribution in [0, 0.1) is 0 Å². The number of para-hydroxylation sites is 1. The van der Waals surface area contributed by atoms with Crippen LogP contribution in [0.4, 0.5) is 15.3 Å². The summed E-state index contributed by atoms with van der Waals surface area (Å²) in [5.41, 5.74) is 1.44. The number of anilines is 1. The summed E-state index contributed by atoms with van der Waals surface area (Å²) in [5.74, 6) is 0.247. The molecule has 38 heavy (non-hydrogen) atoms. The van der Waals surface area contributed by atoms with E-state index < -0.39 is 30.3 Å². The number of hydrogen-bond acceptors (Lipinski definition) is 7. The van der Waals surface area contributed by atoms with Gasteiger partial charge in [-0.15, -0.1) is 0 Å². The molecule has 2 amide bonds. The van der Waals surface area contributed by atoms with Crippen LogP contribution in [0.3, 0.4) is 0 Å². The minimum absolute atomic E-state index is 0.00894. The van der Waals surface area contributed by atoms with E-state index in [1.807, 2.05) is 30.3 Å². The molecule has 1 N–H and O–H groups in total. The van der Waals surface area contributed by atoms with Crippen molar-refractivity contribution in [2.45, 2.75) is 25.6 Å². The van der Waals surface area contributed by atoms with E-state index in [-0.39, 0.29) is 18.9 Å². The van der Waals surface area contributed by atoms with E-state index in [1.165, 1.54) is 14.0 Å². The van der Waals surface area contributed by atoms with Gasteiger partial charge in [0.2, 0.25) is 0 Å². The molecule has 0 spiro atoms. The molecule has 1 saturated heterocycles. The van der Waals surface area contributed by atoms with Gasteiger partial charge in [0.25, 0.3) is 0 Å². The molecule has 10 nitrogen and oxygen atoms in total. The van der Waals surface area contributed by atoms with Crippen LogP contribution in [0.15, 0.2) is 78.9 Å². The molecule has 2 unspecified atom stereocenters. The van der Waals surface area contributed by atoms with Crippen LogP contribution in [0.25, 0.3) is 0 Å². The molecule has 4 rings (SSSR count). The average molecular weight is 521 g/mol. The highest BCUT2D eigenvalue weighted by Crippen LogP contribution is 2.23. The maximum atomic E-state index is 12.8. The first-order valence-corrected chi connectivity index (χ1v) is 11.9. The average Bonchev–Trinajstić information content (AvgIpc) is 3.32. The Morgan fingerprint density at radius 2 is 1.63 bits per heavy atom. The molecular formula is C28H28N2O8. The highest BCUT2D eigenvalue weighted by molar-refractivity contribution is 5.89. The van der Waals surface area contributed by atoms with E-state index in [1.54, 1.807) is 53.4 Å². The first kappa shape index (κ1) is 26.3. The summed E-state index contributed by atoms with van der Waals surface area (Å²) in [6.07, 6.45) is -1.65. The van der Waals surface area contributed by atoms with Crippen molar-refractivity contribution >= 4 is 23.8 Å². The summed E-state index contributed by atoms with van der Waals surface area (Å²) in [7, 11) is 1.52. The number of carbonyl (C=O) groups excluding carboxylic acids is 2. The number of benzene rings is 3. The summed E-state index contributed by atoms with van der Waals surface area (Å²) < 4.78 is 21.7. The normalized spacial score (nSPS) is 15.4. The van der Waals surface area contributed by atoms with Gasteiger partial charge in [-0.05, 0) is 61.0 Å². The molecule has 0 radical (unpaired) electrons. The van der Waals surface area contributed by atoms with Crippen LogP contribution in [0.5, 0.6) is 17.2 Å². The third-order valence-corrected chi connectivity index (χ3v) is 5.98. The van der Waals surface area contributed by atoms with Gasteiger partial charge in [-0.3, -0.25) is 9.80 Å². The van der Waals surface area contributed by atoms with Crippen LogP contribution >= 0.6 is 0 Å². The van der Waals surface area contributed by atoms with Gasteiger partial charge in [0.15, 0.2) is 6.10 Å². The molecule has 10 heteroatoms. The minimum atomic E-state index is -1.16. The van der Waals surface area contributed by atoms with E-state index in [9.17, 15) is 19.5 Å². The van der Waals surface area contributed by atoms with Gasteiger partial charge in [0.05, 0.1) is 13.7 Å². The van der Waals surface area contributed by atoms with Crippen molar-refractivity contribution < 1.29 is 38.4 Å². The third-order valence-electron chi connectivity index (χ3n) is 5.98. The number of rotatable bonds is 10. The van der Waals surface area contributed by atoms with Gasteiger partial charge >= 0.3 is 18.2 Å². The Kier molecular flexibility index (Phi) is 8.32. The Bertz CT molecular complexity index is 1250. The van der Waals surface area contributed by atoms with Gasteiger partial charge in [0, 0.05) is 12.2 Å². The van der Waals surface area contributed by atoms with Crippen molar-refractivity contribution in [2.75, 3.05) is 25.2 Å². The SMILES string of the molecule is COc1ccc(OC(=O)N(Cc2ccc(OCC3CN(c4ccccc4)C(=O)O3)cc2)C(C)C(=O)O)cc1. The second-order valence-corrected chi connectivity index (χ2v) is 8.59. The number of nitrogens with zero attached hydrogens (tertiary/aromatic N) is 2. The molecule has 1 heterocycles. The van der Waals surface area contributed by atoms with Crippen LogP contribution < -0.4 is 19.1 Å². The lowest BCUT2D eigenvalue weighted by molar-refractivity contribution is -0.142. The molecule has 198 valence electrons. The number of cyclic esters (lactones) is 1. The molecule has 0 bridgehead atoms. The largest absolute Gasteiger partial charge is 0.497 e. The third kappa shape index (κ3) is 6.52. The van der Waals surface area contributed by atoms with Crippen LogP contribution in [0.2, 0.25) is 0 Å². The fourth-order valence-electron chi connectivity index (χ4n) is 3.80. The maximum absolute atomic E-state index is 12.8. The lowest BCUT2D eigenvalue weighted by atomic mass is 10.2. The first-order chi connectivity index (χ1) is 18.3. The van der Waals surface area contributed by atoms with Crippen LogP contribution in [-0.4, -0.2) is 60.6 Å². The lowest BCUT2D eigenvalue weighted by Gasteiger charge is -2.26. The number of carbonyl (C=O) groups is 3. The van der Waals surface area contributed by atoms with Gasteiger partial charge < -0.3 is 24.1 Å². The molecule has 3 aromatic rings. The van der Waals surface area contributed by atoms with Gasteiger partial charge in [-0.25, -0.2) is 14.4 Å². The zero-order chi connectivity index (χ0) is 27.1. The summed E-state index contributed by atoms with van der Waals surface area (Å²) in [4.78, 5) is 39.4. The second kappa shape index (κ2) is 12.0. The Labute approximate surface area is 219 Å². The number of ether oxygens (including phenoxy) is 4. The highest BCUT2D eigenvalue weighted by Gasteiger charge is 2.33. The predicted molar refractivity (Wildman–Crippen MR) is 138 cm³/mol. The zero-order valence-corrected chi connectivity index (χ0v) is 21.0. The van der Waals surface area contributed by atoms with Crippen molar-refractivity contribution in [1.29, 1.82) is 0 Å². The summed E-state index contributed by atoms with van der Waals surface area (Å²) in [6.45, 7) is 1.97. The first-order valence-electron chi connectivity index (χ1n) is 11.9. The second-order valence-electron chi connectivity index (χ2n) is 8.59. The molecule has 1 fully saturated rings. The number of carboxylic acids is 1. The number of carboxylic acid groups (broad SMARTS) is 1. The Morgan fingerprint density at radius 1 is 1.00 bits per heavy atom. The maximum Gasteiger partial charge on any atom is 0.416 e. The molecule has 0 aliphatic carbocycles. The summed E-state index contributed by atoms with van der Waals surface area (Å²) in [5, 5.41) is 9.52. The Hall–Kier alpha value is -4.73. The van der Waals surface area contributed by atoms with E-state index in [4.69, 9.17) is 18.9 Å².